The molecule has 0 N–H and O–H groups in total. The molecule has 6 nitrogen and oxygen atoms in total. The summed E-state index contributed by atoms with van der Waals surface area (Å²) in [6, 6.07) is 9.70. The molecule has 2 saturated heterocycles. The van der Waals surface area contributed by atoms with Crippen LogP contribution in [0.2, 0.25) is 0 Å². The Morgan fingerprint density at radius 2 is 2.17 bits per heavy atom. The molecule has 24 heavy (non-hydrogen) atoms. The van der Waals surface area contributed by atoms with Crippen molar-refractivity contribution in [1.29, 1.82) is 0 Å². The fourth-order valence-electron chi connectivity index (χ4n) is 3.81. The Morgan fingerprint density at radius 3 is 2.83 bits per heavy atom. The lowest BCUT2D eigenvalue weighted by atomic mass is 9.60. The molecule has 1 unspecified atom stereocenters. The fourth-order valence-corrected chi connectivity index (χ4v) is 4.53. The molecule has 0 amide bonds. The number of halogens is 1. The number of rotatable bonds is 5. The molecular formula is C17H18IN3O3. The zero-order chi connectivity index (χ0) is 16.8. The van der Waals surface area contributed by atoms with Crippen LogP contribution in [0.3, 0.4) is 0 Å². The summed E-state index contributed by atoms with van der Waals surface area (Å²) in [5, 5.41) is 8.90. The van der Waals surface area contributed by atoms with Gasteiger partial charge in [-0.1, -0.05) is 40.8 Å². The van der Waals surface area contributed by atoms with Crippen molar-refractivity contribution in [2.45, 2.75) is 31.5 Å². The van der Waals surface area contributed by atoms with E-state index in [0.29, 0.717) is 25.1 Å². The summed E-state index contributed by atoms with van der Waals surface area (Å²) < 4.78 is 12.4. The van der Waals surface area contributed by atoms with Crippen LogP contribution in [0.4, 0.5) is 0 Å². The molecule has 0 spiro atoms. The lowest BCUT2D eigenvalue weighted by molar-refractivity contribution is -0.161. The van der Waals surface area contributed by atoms with Gasteiger partial charge in [-0.2, -0.15) is 15.0 Å². The maximum Gasteiger partial charge on any atom is 0.315 e. The molecule has 1 saturated carbocycles. The largest absolute Gasteiger partial charge is 0.465 e. The lowest BCUT2D eigenvalue weighted by Crippen LogP contribution is -2.50. The molecular weight excluding hydrogens is 421 g/mol. The number of alkyl halides is 1. The second-order valence-corrected chi connectivity index (χ2v) is 7.20. The molecule has 2 bridgehead atoms. The summed E-state index contributed by atoms with van der Waals surface area (Å²) in [6.07, 6.45) is 2.71. The van der Waals surface area contributed by atoms with Crippen molar-refractivity contribution in [3.05, 3.63) is 42.2 Å². The number of hydrogen-bond acceptors (Lipinski definition) is 5. The fraction of sp³-hybridized carbons (Fsp3) is 0.471. The molecule has 1 aliphatic carbocycles. The highest BCUT2D eigenvalue weighted by Gasteiger charge is 2.72. The normalized spacial score (nSPS) is 30.8. The van der Waals surface area contributed by atoms with Gasteiger partial charge in [-0.3, -0.25) is 4.79 Å². The maximum atomic E-state index is 12.6. The van der Waals surface area contributed by atoms with Crippen LogP contribution in [0.1, 0.15) is 31.6 Å². The monoisotopic (exact) mass is 439 g/mol. The first kappa shape index (κ1) is 16.0. The van der Waals surface area contributed by atoms with E-state index in [2.05, 4.69) is 32.8 Å². The van der Waals surface area contributed by atoms with Gasteiger partial charge >= 0.3 is 5.97 Å². The highest BCUT2D eigenvalue weighted by atomic mass is 127. The van der Waals surface area contributed by atoms with E-state index in [1.807, 2.05) is 37.3 Å². The Hall–Kier alpha value is -1.48. The van der Waals surface area contributed by atoms with E-state index in [9.17, 15) is 4.79 Å². The number of ether oxygens (including phenoxy) is 2. The first-order chi connectivity index (χ1) is 11.6. The number of hydrogen-bond donors (Lipinski definition) is 0. The molecule has 3 fully saturated rings. The molecule has 0 radical (unpaired) electrons. The average molecular weight is 439 g/mol. The van der Waals surface area contributed by atoms with E-state index in [0.717, 1.165) is 10.1 Å². The second-order valence-electron chi connectivity index (χ2n) is 6.44. The Labute approximate surface area is 153 Å². The zero-order valence-corrected chi connectivity index (χ0v) is 15.5. The molecule has 1 atom stereocenters. The summed E-state index contributed by atoms with van der Waals surface area (Å²) in [6.45, 7) is 2.20. The highest BCUT2D eigenvalue weighted by Crippen LogP contribution is 2.67. The third-order valence-electron chi connectivity index (χ3n) is 4.84. The van der Waals surface area contributed by atoms with Gasteiger partial charge in [0.05, 0.1) is 24.1 Å². The highest BCUT2D eigenvalue weighted by molar-refractivity contribution is 14.1. The number of para-hydroxylation sites is 1. The number of esters is 1. The minimum atomic E-state index is -0.612. The molecule has 1 aromatic carbocycles. The third-order valence-corrected chi connectivity index (χ3v) is 6.23. The number of carbonyl (C=O) groups excluding carboxylic acids is 1. The molecule has 2 aromatic rings. The molecule has 2 aliphatic heterocycles. The number of benzene rings is 1. The minimum absolute atomic E-state index is 0.178. The SMILES string of the molecule is CCOC(=O)C12CC(CI)(C1)OC2c1cnn(-c2ccccc2)n1. The quantitative estimate of drug-likeness (QED) is 0.407. The number of nitrogens with zero attached hydrogens (tertiary/aromatic N) is 3. The van der Waals surface area contributed by atoms with E-state index < -0.39 is 5.41 Å². The van der Waals surface area contributed by atoms with E-state index in [4.69, 9.17) is 9.47 Å². The van der Waals surface area contributed by atoms with Crippen LogP contribution in [-0.2, 0) is 14.3 Å². The van der Waals surface area contributed by atoms with Crippen molar-refractivity contribution in [3.63, 3.8) is 0 Å². The van der Waals surface area contributed by atoms with Gasteiger partial charge in [0.25, 0.3) is 0 Å². The van der Waals surface area contributed by atoms with Crippen molar-refractivity contribution in [2.75, 3.05) is 11.0 Å². The standard InChI is InChI=1S/C17H18IN3O3/c1-2-23-15(22)17-9-16(10-17,11-18)24-14(17)13-8-19-21(20-13)12-6-4-3-5-7-12/h3-8,14H,2,9-11H2,1H3. The molecule has 5 rings (SSSR count). The number of aromatic nitrogens is 3. The van der Waals surface area contributed by atoms with Crippen LogP contribution in [0.15, 0.2) is 36.5 Å². The molecule has 7 heteroatoms. The van der Waals surface area contributed by atoms with Crippen molar-refractivity contribution < 1.29 is 14.3 Å². The first-order valence-corrected chi connectivity index (χ1v) is 9.54. The van der Waals surface area contributed by atoms with Gasteiger partial charge in [0.2, 0.25) is 0 Å². The third kappa shape index (κ3) is 2.28. The van der Waals surface area contributed by atoms with E-state index in [1.165, 1.54) is 0 Å². The van der Waals surface area contributed by atoms with Gasteiger partial charge < -0.3 is 9.47 Å². The van der Waals surface area contributed by atoms with Crippen molar-refractivity contribution >= 4 is 28.6 Å². The summed E-state index contributed by atoms with van der Waals surface area (Å²) in [7, 11) is 0. The van der Waals surface area contributed by atoms with Crippen LogP contribution in [0, 0.1) is 5.41 Å². The van der Waals surface area contributed by atoms with Crippen molar-refractivity contribution in [3.8, 4) is 5.69 Å². The minimum Gasteiger partial charge on any atom is -0.465 e. The van der Waals surface area contributed by atoms with Gasteiger partial charge in [-0.05, 0) is 31.9 Å². The van der Waals surface area contributed by atoms with Crippen molar-refractivity contribution in [2.24, 2.45) is 5.41 Å². The van der Waals surface area contributed by atoms with Crippen LogP contribution in [0.5, 0.6) is 0 Å². The lowest BCUT2D eigenvalue weighted by Gasteiger charge is -2.42. The van der Waals surface area contributed by atoms with Crippen molar-refractivity contribution in [1.82, 2.24) is 15.0 Å². The predicted molar refractivity (Wildman–Crippen MR) is 95.1 cm³/mol. The Balaban J connectivity index is 1.66. The Morgan fingerprint density at radius 1 is 1.42 bits per heavy atom. The Kier molecular flexibility index (Phi) is 3.87. The van der Waals surface area contributed by atoms with Gasteiger partial charge in [0.15, 0.2) is 0 Å². The summed E-state index contributed by atoms with van der Waals surface area (Å²) >= 11 is 2.32. The molecule has 3 heterocycles. The number of carbonyl (C=O) groups is 1. The summed E-state index contributed by atoms with van der Waals surface area (Å²) in [5.41, 5.74) is 0.729. The predicted octanol–water partition coefficient (Wildman–Crippen LogP) is 2.86. The Bertz CT molecular complexity index is 755. The van der Waals surface area contributed by atoms with E-state index in [-0.39, 0.29) is 17.7 Å². The van der Waals surface area contributed by atoms with Gasteiger partial charge in [0.1, 0.15) is 17.2 Å². The summed E-state index contributed by atoms with van der Waals surface area (Å²) in [4.78, 5) is 14.1. The summed E-state index contributed by atoms with van der Waals surface area (Å²) in [5.74, 6) is -0.178. The topological polar surface area (TPSA) is 66.2 Å². The van der Waals surface area contributed by atoms with Crippen LogP contribution in [-0.4, -0.2) is 37.6 Å². The van der Waals surface area contributed by atoms with Crippen LogP contribution in [0.25, 0.3) is 5.69 Å². The zero-order valence-electron chi connectivity index (χ0n) is 13.3. The smallest absolute Gasteiger partial charge is 0.315 e. The van der Waals surface area contributed by atoms with E-state index >= 15 is 0 Å². The maximum absolute atomic E-state index is 12.6. The number of fused-ring (bicyclic) bond motifs is 1. The van der Waals surface area contributed by atoms with Crippen LogP contribution < -0.4 is 0 Å². The molecule has 1 aromatic heterocycles. The molecule has 126 valence electrons. The first-order valence-electron chi connectivity index (χ1n) is 8.01. The second kappa shape index (κ2) is 5.80. The van der Waals surface area contributed by atoms with Gasteiger partial charge in [0, 0.05) is 4.43 Å². The van der Waals surface area contributed by atoms with Gasteiger partial charge in [-0.15, -0.1) is 0 Å². The van der Waals surface area contributed by atoms with Crippen LogP contribution >= 0.6 is 22.6 Å². The van der Waals surface area contributed by atoms with E-state index in [1.54, 1.807) is 11.0 Å². The average Bonchev–Trinajstić information content (AvgIpc) is 3.26. The van der Waals surface area contributed by atoms with Gasteiger partial charge in [-0.25, -0.2) is 0 Å². The molecule has 3 aliphatic rings.